The van der Waals surface area contributed by atoms with Gasteiger partial charge in [0.25, 0.3) is 0 Å². The largest absolute Gasteiger partial charge is 0.467 e. The van der Waals surface area contributed by atoms with E-state index in [4.69, 9.17) is 4.74 Å². The van der Waals surface area contributed by atoms with E-state index in [9.17, 15) is 14.4 Å². The van der Waals surface area contributed by atoms with Crippen molar-refractivity contribution in [2.45, 2.75) is 23.9 Å². The lowest BCUT2D eigenvalue weighted by atomic mass is 9.98. The van der Waals surface area contributed by atoms with E-state index >= 15 is 0 Å². The fourth-order valence-electron chi connectivity index (χ4n) is 2.73. The Balaban J connectivity index is 1.66. The number of carbonyl (C=O) groups is 3. The molecule has 6 nitrogen and oxygen atoms in total. The van der Waals surface area contributed by atoms with Crippen molar-refractivity contribution >= 4 is 40.9 Å². The Morgan fingerprint density at radius 1 is 1.52 bits per heavy atom. The number of carbonyl (C=O) groups excluding carboxylic acids is 3. The van der Waals surface area contributed by atoms with E-state index in [-0.39, 0.29) is 23.6 Å². The summed E-state index contributed by atoms with van der Waals surface area (Å²) in [6.07, 6.45) is 0.256. The molecule has 2 aliphatic rings. The molecule has 2 unspecified atom stereocenters. The Kier molecular flexibility index (Phi) is 4.45. The average Bonchev–Trinajstić information content (AvgIpc) is 3.04. The zero-order valence-electron chi connectivity index (χ0n) is 12.5. The van der Waals surface area contributed by atoms with Crippen molar-refractivity contribution in [1.29, 1.82) is 0 Å². The molecule has 0 saturated carbocycles. The molecule has 2 fully saturated rings. The van der Waals surface area contributed by atoms with Gasteiger partial charge in [0.05, 0.1) is 13.5 Å². The van der Waals surface area contributed by atoms with Gasteiger partial charge in [-0.05, 0) is 17.0 Å². The molecule has 3 atom stereocenters. The predicted molar refractivity (Wildman–Crippen MR) is 88.0 cm³/mol. The van der Waals surface area contributed by atoms with Crippen LogP contribution in [0.2, 0.25) is 0 Å². The highest BCUT2D eigenvalue weighted by Crippen LogP contribution is 2.40. The maximum atomic E-state index is 12.4. The minimum Gasteiger partial charge on any atom is -0.467 e. The lowest BCUT2D eigenvalue weighted by Gasteiger charge is -2.52. The number of hydrogen-bond donors (Lipinski definition) is 1. The van der Waals surface area contributed by atoms with Crippen molar-refractivity contribution < 1.29 is 19.1 Å². The van der Waals surface area contributed by atoms with Crippen LogP contribution in [0.3, 0.4) is 0 Å². The summed E-state index contributed by atoms with van der Waals surface area (Å²) >= 11 is 3.00. The fraction of sp³-hybridized carbons (Fsp3) is 0.400. The number of nitrogens with one attached hydrogen (secondary N) is 1. The summed E-state index contributed by atoms with van der Waals surface area (Å²) in [5, 5.41) is 4.43. The van der Waals surface area contributed by atoms with Gasteiger partial charge in [0.1, 0.15) is 11.4 Å². The third-order valence-electron chi connectivity index (χ3n) is 3.84. The van der Waals surface area contributed by atoms with Gasteiger partial charge < -0.3 is 15.0 Å². The van der Waals surface area contributed by atoms with Crippen molar-refractivity contribution in [2.75, 3.05) is 12.9 Å². The van der Waals surface area contributed by atoms with Crippen LogP contribution in [-0.4, -0.2) is 53.0 Å². The van der Waals surface area contributed by atoms with Crippen LogP contribution in [0.5, 0.6) is 0 Å². The standard InChI is InChI=1S/C15H16N2O4S2/c1-8-7-23-14-11(13(19)17(14)12(8)15(20)21-2)16-10(18)6-9-4-3-5-22-9/h3-5,11-12,14H,1,6-7H2,2H3,(H,16,18)/t11?,12?,14-/m1/s1. The molecule has 1 N–H and O–H groups in total. The third-order valence-corrected chi connectivity index (χ3v) is 6.09. The molecule has 0 spiro atoms. The van der Waals surface area contributed by atoms with Crippen molar-refractivity contribution in [3.63, 3.8) is 0 Å². The van der Waals surface area contributed by atoms with Crippen LogP contribution < -0.4 is 5.32 Å². The molecule has 122 valence electrons. The Morgan fingerprint density at radius 2 is 2.30 bits per heavy atom. The molecule has 3 rings (SSSR count). The number of esters is 1. The number of ether oxygens (including phenoxy) is 1. The fourth-order valence-corrected chi connectivity index (χ4v) is 4.74. The van der Waals surface area contributed by atoms with Crippen molar-refractivity contribution in [1.82, 2.24) is 10.2 Å². The van der Waals surface area contributed by atoms with E-state index < -0.39 is 18.1 Å². The van der Waals surface area contributed by atoms with E-state index in [2.05, 4.69) is 11.9 Å². The molecular formula is C15H16N2O4S2. The van der Waals surface area contributed by atoms with E-state index in [1.54, 1.807) is 0 Å². The summed E-state index contributed by atoms with van der Waals surface area (Å²) < 4.78 is 4.76. The normalized spacial score (nSPS) is 26.3. The zero-order chi connectivity index (χ0) is 16.6. The quantitative estimate of drug-likeness (QED) is 0.493. The smallest absolute Gasteiger partial charge is 0.332 e. The molecule has 2 saturated heterocycles. The van der Waals surface area contributed by atoms with Gasteiger partial charge in [-0.25, -0.2) is 4.79 Å². The molecule has 3 heterocycles. The number of fused-ring (bicyclic) bond motifs is 1. The van der Waals surface area contributed by atoms with Gasteiger partial charge in [0.15, 0.2) is 6.04 Å². The van der Waals surface area contributed by atoms with Crippen molar-refractivity contribution in [3.05, 3.63) is 34.5 Å². The average molecular weight is 352 g/mol. The maximum absolute atomic E-state index is 12.4. The van der Waals surface area contributed by atoms with Crippen LogP contribution in [0.4, 0.5) is 0 Å². The van der Waals surface area contributed by atoms with E-state index in [0.717, 1.165) is 4.88 Å². The minimum atomic E-state index is -0.746. The molecule has 0 aromatic carbocycles. The van der Waals surface area contributed by atoms with E-state index in [0.29, 0.717) is 11.3 Å². The first-order chi connectivity index (χ1) is 11.0. The molecule has 1 aromatic rings. The van der Waals surface area contributed by atoms with Crippen LogP contribution in [0.15, 0.2) is 29.7 Å². The highest BCUT2D eigenvalue weighted by molar-refractivity contribution is 8.00. The van der Waals surface area contributed by atoms with Crippen molar-refractivity contribution in [3.8, 4) is 0 Å². The number of thiophene rings is 1. The summed E-state index contributed by atoms with van der Waals surface area (Å²) in [6, 6.07) is 2.43. The van der Waals surface area contributed by atoms with Gasteiger partial charge in [-0.2, -0.15) is 0 Å². The summed E-state index contributed by atoms with van der Waals surface area (Å²) in [7, 11) is 1.29. The van der Waals surface area contributed by atoms with E-state index in [1.807, 2.05) is 17.5 Å². The Morgan fingerprint density at radius 3 is 2.96 bits per heavy atom. The SMILES string of the molecule is C=C1CS[C@@H]2C(NC(=O)Cc3cccs3)C(=O)N2C1C(=O)OC. The monoisotopic (exact) mass is 352 g/mol. The van der Waals surface area contributed by atoms with Gasteiger partial charge in [-0.3, -0.25) is 9.59 Å². The zero-order valence-corrected chi connectivity index (χ0v) is 14.1. The molecular weight excluding hydrogens is 336 g/mol. The first-order valence-electron chi connectivity index (χ1n) is 7.04. The first kappa shape index (κ1) is 16.1. The molecule has 0 aliphatic carbocycles. The lowest BCUT2D eigenvalue weighted by molar-refractivity contribution is -0.161. The Labute approximate surface area is 141 Å². The number of rotatable bonds is 4. The number of nitrogens with zero attached hydrogens (tertiary/aromatic N) is 1. The summed E-state index contributed by atoms with van der Waals surface area (Å²) in [5.74, 6) is -0.383. The van der Waals surface area contributed by atoms with Crippen LogP contribution in [0.25, 0.3) is 0 Å². The maximum Gasteiger partial charge on any atom is 0.332 e. The van der Waals surface area contributed by atoms with E-state index in [1.165, 1.54) is 35.1 Å². The van der Waals surface area contributed by atoms with Gasteiger partial charge in [0, 0.05) is 10.6 Å². The molecule has 1 aromatic heterocycles. The van der Waals surface area contributed by atoms with Gasteiger partial charge in [-0.15, -0.1) is 23.1 Å². The third kappa shape index (κ3) is 2.88. The molecule has 2 aliphatic heterocycles. The van der Waals surface area contributed by atoms with Gasteiger partial charge >= 0.3 is 5.97 Å². The molecule has 2 amide bonds. The summed E-state index contributed by atoms with van der Waals surface area (Å²) in [4.78, 5) is 38.7. The topological polar surface area (TPSA) is 75.7 Å². The Bertz CT molecular complexity index is 650. The molecule has 0 bridgehead atoms. The molecule has 23 heavy (non-hydrogen) atoms. The van der Waals surface area contributed by atoms with Crippen LogP contribution in [0.1, 0.15) is 4.88 Å². The number of hydrogen-bond acceptors (Lipinski definition) is 6. The van der Waals surface area contributed by atoms with Gasteiger partial charge in [0.2, 0.25) is 11.8 Å². The second-order valence-corrected chi connectivity index (χ2v) is 7.47. The van der Waals surface area contributed by atoms with Crippen molar-refractivity contribution in [2.24, 2.45) is 0 Å². The number of methoxy groups -OCH3 is 1. The second kappa shape index (κ2) is 6.37. The minimum absolute atomic E-state index is 0.190. The lowest BCUT2D eigenvalue weighted by Crippen LogP contribution is -2.74. The number of amides is 2. The highest BCUT2D eigenvalue weighted by atomic mass is 32.2. The van der Waals surface area contributed by atoms with Crippen LogP contribution in [0, 0.1) is 0 Å². The number of thioether (sulfide) groups is 1. The number of β-lactam (4-membered cyclic amide) rings is 1. The Hall–Kier alpha value is -1.80. The second-order valence-electron chi connectivity index (χ2n) is 5.33. The molecule has 0 radical (unpaired) electrons. The summed E-state index contributed by atoms with van der Waals surface area (Å²) in [6.45, 7) is 3.85. The summed E-state index contributed by atoms with van der Waals surface area (Å²) in [5.41, 5.74) is 0.648. The predicted octanol–water partition coefficient (Wildman–Crippen LogP) is 0.788. The van der Waals surface area contributed by atoms with Gasteiger partial charge in [-0.1, -0.05) is 12.6 Å². The highest BCUT2D eigenvalue weighted by Gasteiger charge is 2.56. The van der Waals surface area contributed by atoms with Crippen LogP contribution in [-0.2, 0) is 25.5 Å². The van der Waals surface area contributed by atoms with Crippen LogP contribution >= 0.6 is 23.1 Å². The molecule has 8 heteroatoms. The first-order valence-corrected chi connectivity index (χ1v) is 8.96.